The van der Waals surface area contributed by atoms with Gasteiger partial charge in [-0.05, 0) is 13.3 Å². The molecule has 0 bridgehead atoms. The van der Waals surface area contributed by atoms with E-state index in [-0.39, 0.29) is 6.61 Å². The minimum absolute atomic E-state index is 0.0417. The highest BCUT2D eigenvalue weighted by atomic mass is 16.7. The molecule has 1 N–H and O–H groups in total. The Labute approximate surface area is 60.7 Å². The van der Waals surface area contributed by atoms with Gasteiger partial charge >= 0.3 is 0 Å². The van der Waals surface area contributed by atoms with Gasteiger partial charge in [0.1, 0.15) is 0 Å². The van der Waals surface area contributed by atoms with Crippen LogP contribution in [0, 0.1) is 0 Å². The highest BCUT2D eigenvalue weighted by Gasteiger charge is 2.32. The molecule has 0 saturated carbocycles. The van der Waals surface area contributed by atoms with E-state index in [4.69, 9.17) is 9.94 Å². The van der Waals surface area contributed by atoms with Crippen LogP contribution in [0.1, 0.15) is 26.7 Å². The molecule has 1 heterocycles. The molecule has 0 aliphatic carbocycles. The first-order chi connectivity index (χ1) is 4.70. The van der Waals surface area contributed by atoms with Crippen LogP contribution in [0.4, 0.5) is 0 Å². The molecule has 0 fully saturated rings. The van der Waals surface area contributed by atoms with Crippen LogP contribution in [0.15, 0.2) is 5.16 Å². The number of aliphatic hydroxyl groups is 1. The fourth-order valence-corrected chi connectivity index (χ4v) is 0.945. The minimum atomic E-state index is -0.439. The number of nitrogens with zero attached hydrogens (tertiary/aromatic N) is 1. The molecule has 1 rings (SSSR count). The molecule has 1 aliphatic heterocycles. The zero-order chi connectivity index (χ0) is 7.61. The maximum Gasteiger partial charge on any atom is 0.163 e. The molecule has 1 atom stereocenters. The lowest BCUT2D eigenvalue weighted by atomic mass is 10.0. The predicted octanol–water partition coefficient (Wildman–Crippen LogP) is 0.924. The van der Waals surface area contributed by atoms with E-state index in [2.05, 4.69) is 5.16 Å². The standard InChI is InChI=1S/C7H13NO2/c1-3-6-4-7(2,5-9)10-8-6/h9H,3-5H2,1-2H3/t7-/m1/s1. The van der Waals surface area contributed by atoms with Crippen LogP contribution in [-0.2, 0) is 4.84 Å². The van der Waals surface area contributed by atoms with Crippen molar-refractivity contribution in [2.75, 3.05) is 6.61 Å². The smallest absolute Gasteiger partial charge is 0.163 e. The lowest BCUT2D eigenvalue weighted by Gasteiger charge is -2.16. The predicted molar refractivity (Wildman–Crippen MR) is 38.9 cm³/mol. The van der Waals surface area contributed by atoms with Crippen molar-refractivity contribution in [1.29, 1.82) is 0 Å². The van der Waals surface area contributed by atoms with Gasteiger partial charge in [0, 0.05) is 6.42 Å². The van der Waals surface area contributed by atoms with Crippen LogP contribution in [0.2, 0.25) is 0 Å². The second kappa shape index (κ2) is 2.58. The summed E-state index contributed by atoms with van der Waals surface area (Å²) in [4.78, 5) is 5.03. The van der Waals surface area contributed by atoms with Crippen LogP contribution in [0.5, 0.6) is 0 Å². The van der Waals surface area contributed by atoms with Gasteiger partial charge in [0.2, 0.25) is 0 Å². The fraction of sp³-hybridized carbons (Fsp3) is 0.857. The topological polar surface area (TPSA) is 41.8 Å². The molecule has 0 amide bonds. The summed E-state index contributed by atoms with van der Waals surface area (Å²) in [5.74, 6) is 0. The average molecular weight is 143 g/mol. The third-order valence-corrected chi connectivity index (χ3v) is 1.72. The van der Waals surface area contributed by atoms with E-state index < -0.39 is 5.60 Å². The summed E-state index contributed by atoms with van der Waals surface area (Å²) in [6.07, 6.45) is 1.68. The summed E-state index contributed by atoms with van der Waals surface area (Å²) in [5, 5.41) is 12.7. The minimum Gasteiger partial charge on any atom is -0.392 e. The Bertz CT molecular complexity index is 156. The van der Waals surface area contributed by atoms with Crippen LogP contribution in [0.25, 0.3) is 0 Å². The quantitative estimate of drug-likeness (QED) is 0.624. The van der Waals surface area contributed by atoms with Gasteiger partial charge < -0.3 is 9.94 Å². The Morgan fingerprint density at radius 3 is 2.80 bits per heavy atom. The number of hydrogen-bond acceptors (Lipinski definition) is 3. The molecule has 0 unspecified atom stereocenters. The summed E-state index contributed by atoms with van der Waals surface area (Å²) in [5.41, 5.74) is 0.599. The number of oxime groups is 1. The fourth-order valence-electron chi connectivity index (χ4n) is 0.945. The molecule has 10 heavy (non-hydrogen) atoms. The first kappa shape index (κ1) is 7.54. The second-order valence-corrected chi connectivity index (χ2v) is 2.89. The van der Waals surface area contributed by atoms with E-state index >= 15 is 0 Å². The van der Waals surface area contributed by atoms with Gasteiger partial charge in [-0.1, -0.05) is 12.1 Å². The van der Waals surface area contributed by atoms with Crippen molar-refractivity contribution in [2.45, 2.75) is 32.3 Å². The molecule has 3 heteroatoms. The average Bonchev–Trinajstić information content (AvgIpc) is 2.33. The highest BCUT2D eigenvalue weighted by Crippen LogP contribution is 2.23. The SMILES string of the molecule is CCC1=NO[C@@](C)(CO)C1. The summed E-state index contributed by atoms with van der Waals surface area (Å²) >= 11 is 0. The summed E-state index contributed by atoms with van der Waals surface area (Å²) in [6, 6.07) is 0. The molecule has 58 valence electrons. The van der Waals surface area contributed by atoms with E-state index in [1.165, 1.54) is 0 Å². The van der Waals surface area contributed by atoms with Crippen molar-refractivity contribution < 1.29 is 9.94 Å². The van der Waals surface area contributed by atoms with Crippen molar-refractivity contribution in [2.24, 2.45) is 5.16 Å². The van der Waals surface area contributed by atoms with Crippen LogP contribution >= 0.6 is 0 Å². The zero-order valence-corrected chi connectivity index (χ0v) is 6.42. The first-order valence-corrected chi connectivity index (χ1v) is 3.55. The molecule has 3 nitrogen and oxygen atoms in total. The molecule has 1 aliphatic rings. The van der Waals surface area contributed by atoms with Gasteiger partial charge in [-0.2, -0.15) is 0 Å². The normalized spacial score (nSPS) is 31.7. The Morgan fingerprint density at radius 2 is 2.50 bits per heavy atom. The third-order valence-electron chi connectivity index (χ3n) is 1.72. The van der Waals surface area contributed by atoms with Gasteiger partial charge in [0.05, 0.1) is 12.3 Å². The Balaban J connectivity index is 2.49. The number of rotatable bonds is 2. The van der Waals surface area contributed by atoms with Crippen LogP contribution < -0.4 is 0 Å². The molecule has 0 saturated heterocycles. The van der Waals surface area contributed by atoms with E-state index in [1.54, 1.807) is 0 Å². The monoisotopic (exact) mass is 143 g/mol. The van der Waals surface area contributed by atoms with Crippen LogP contribution in [0.3, 0.4) is 0 Å². The van der Waals surface area contributed by atoms with Gasteiger partial charge in [0.15, 0.2) is 5.60 Å². The maximum atomic E-state index is 8.84. The highest BCUT2D eigenvalue weighted by molar-refractivity contribution is 5.85. The van der Waals surface area contributed by atoms with Crippen molar-refractivity contribution in [3.05, 3.63) is 0 Å². The maximum absolute atomic E-state index is 8.84. The Hall–Kier alpha value is -0.570. The molecule has 0 aromatic rings. The molecule has 0 radical (unpaired) electrons. The van der Waals surface area contributed by atoms with Crippen LogP contribution in [-0.4, -0.2) is 23.0 Å². The van der Waals surface area contributed by atoms with Crippen molar-refractivity contribution in [1.82, 2.24) is 0 Å². The van der Waals surface area contributed by atoms with Crippen molar-refractivity contribution in [3.63, 3.8) is 0 Å². The van der Waals surface area contributed by atoms with Crippen molar-refractivity contribution in [3.8, 4) is 0 Å². The summed E-state index contributed by atoms with van der Waals surface area (Å²) in [6.45, 7) is 3.93. The van der Waals surface area contributed by atoms with E-state index in [0.717, 1.165) is 18.6 Å². The zero-order valence-electron chi connectivity index (χ0n) is 6.42. The number of hydrogen-bond donors (Lipinski definition) is 1. The van der Waals surface area contributed by atoms with Crippen molar-refractivity contribution >= 4 is 5.71 Å². The van der Waals surface area contributed by atoms with Gasteiger partial charge in [0.25, 0.3) is 0 Å². The molecular weight excluding hydrogens is 130 g/mol. The molecule has 0 spiro atoms. The summed E-state index contributed by atoms with van der Waals surface area (Å²) < 4.78 is 0. The third kappa shape index (κ3) is 1.29. The van der Waals surface area contributed by atoms with E-state index in [1.807, 2.05) is 13.8 Å². The van der Waals surface area contributed by atoms with E-state index in [0.29, 0.717) is 0 Å². The lowest BCUT2D eigenvalue weighted by molar-refractivity contribution is -0.0428. The van der Waals surface area contributed by atoms with Gasteiger partial charge in [-0.3, -0.25) is 0 Å². The first-order valence-electron chi connectivity index (χ1n) is 3.55. The van der Waals surface area contributed by atoms with Gasteiger partial charge in [-0.15, -0.1) is 0 Å². The summed E-state index contributed by atoms with van der Waals surface area (Å²) in [7, 11) is 0. The largest absolute Gasteiger partial charge is 0.392 e. The Kier molecular flexibility index (Phi) is 1.94. The van der Waals surface area contributed by atoms with Gasteiger partial charge in [-0.25, -0.2) is 0 Å². The number of aliphatic hydroxyl groups excluding tert-OH is 1. The Morgan fingerprint density at radius 1 is 1.80 bits per heavy atom. The second-order valence-electron chi connectivity index (χ2n) is 2.89. The molecule has 0 aromatic carbocycles. The lowest BCUT2D eigenvalue weighted by Crippen LogP contribution is -2.29. The molecule has 0 aromatic heterocycles. The molecular formula is C7H13NO2. The van der Waals surface area contributed by atoms with E-state index in [9.17, 15) is 0 Å².